The van der Waals surface area contributed by atoms with E-state index in [0.717, 1.165) is 36.9 Å². The Morgan fingerprint density at radius 1 is 1.26 bits per heavy atom. The Kier molecular flexibility index (Phi) is 6.88. The first-order chi connectivity index (χ1) is 10.9. The van der Waals surface area contributed by atoms with Crippen LogP contribution < -0.4 is 5.32 Å². The summed E-state index contributed by atoms with van der Waals surface area (Å²) in [4.78, 5) is 11.5. The molecule has 124 valence electrons. The third-order valence-electron chi connectivity index (χ3n) is 3.70. The molecule has 23 heavy (non-hydrogen) atoms. The third kappa shape index (κ3) is 4.70. The molecule has 1 aromatic heterocycles. The summed E-state index contributed by atoms with van der Waals surface area (Å²) in [7, 11) is 0. The van der Waals surface area contributed by atoms with Gasteiger partial charge < -0.3 is 14.6 Å². The molecule has 1 aliphatic rings. The third-order valence-corrected chi connectivity index (χ3v) is 3.70. The van der Waals surface area contributed by atoms with Gasteiger partial charge in [-0.25, -0.2) is 9.98 Å². The lowest BCUT2D eigenvalue weighted by Crippen LogP contribution is -2.39. The van der Waals surface area contributed by atoms with Gasteiger partial charge in [0.1, 0.15) is 12.0 Å². The Morgan fingerprint density at radius 3 is 2.70 bits per heavy atom. The molecule has 1 fully saturated rings. The molecule has 6 heteroatoms. The van der Waals surface area contributed by atoms with Crippen LogP contribution in [0, 0.1) is 0 Å². The number of aliphatic imine (C=N–C) groups is 1. The molecule has 0 amide bonds. The van der Waals surface area contributed by atoms with Crippen LogP contribution in [-0.4, -0.2) is 35.5 Å². The first-order valence-electron chi connectivity index (χ1n) is 7.90. The second-order valence-electron chi connectivity index (χ2n) is 5.37. The monoisotopic (exact) mass is 426 g/mol. The predicted molar refractivity (Wildman–Crippen MR) is 103 cm³/mol. The minimum Gasteiger partial charge on any atom is -0.444 e. The van der Waals surface area contributed by atoms with Gasteiger partial charge in [-0.1, -0.05) is 18.2 Å². The lowest BCUT2D eigenvalue weighted by molar-refractivity contribution is 0.493. The summed E-state index contributed by atoms with van der Waals surface area (Å²) in [6, 6.07) is 9.93. The smallest absolute Gasteiger partial charge is 0.226 e. The van der Waals surface area contributed by atoms with Gasteiger partial charge >= 0.3 is 0 Å². The molecular formula is C17H23IN4O. The van der Waals surface area contributed by atoms with Crippen molar-refractivity contribution >= 4 is 29.9 Å². The maximum absolute atomic E-state index is 5.55. The van der Waals surface area contributed by atoms with Crippen molar-refractivity contribution in [3.05, 3.63) is 42.3 Å². The van der Waals surface area contributed by atoms with Crippen molar-refractivity contribution in [1.82, 2.24) is 15.2 Å². The van der Waals surface area contributed by atoms with Gasteiger partial charge in [-0.15, -0.1) is 24.0 Å². The molecule has 2 aromatic rings. The summed E-state index contributed by atoms with van der Waals surface area (Å²) < 4.78 is 5.55. The van der Waals surface area contributed by atoms with Crippen molar-refractivity contribution in [2.75, 3.05) is 19.6 Å². The zero-order chi connectivity index (χ0) is 15.2. The van der Waals surface area contributed by atoms with E-state index in [1.807, 2.05) is 30.3 Å². The molecule has 1 aliphatic heterocycles. The SMILES string of the molecule is CCNC(=NCc1coc(-c2ccccc2)n1)N1CCCC1.I. The molecule has 0 spiro atoms. The highest BCUT2D eigenvalue weighted by atomic mass is 127. The van der Waals surface area contributed by atoms with Crippen LogP contribution in [0.4, 0.5) is 0 Å². The number of aromatic nitrogens is 1. The van der Waals surface area contributed by atoms with E-state index in [1.54, 1.807) is 6.26 Å². The highest BCUT2D eigenvalue weighted by Crippen LogP contribution is 2.18. The van der Waals surface area contributed by atoms with E-state index >= 15 is 0 Å². The second kappa shape index (κ2) is 8.90. The van der Waals surface area contributed by atoms with E-state index < -0.39 is 0 Å². The van der Waals surface area contributed by atoms with Gasteiger partial charge in [-0.05, 0) is 31.9 Å². The lowest BCUT2D eigenvalue weighted by Gasteiger charge is -2.20. The molecule has 0 saturated carbocycles. The number of nitrogens with zero attached hydrogens (tertiary/aromatic N) is 3. The summed E-state index contributed by atoms with van der Waals surface area (Å²) in [6.45, 7) is 5.67. The molecule has 0 bridgehead atoms. The number of likely N-dealkylation sites (tertiary alicyclic amines) is 1. The fraction of sp³-hybridized carbons (Fsp3) is 0.412. The normalized spacial score (nSPS) is 14.7. The average Bonchev–Trinajstić information content (AvgIpc) is 3.24. The van der Waals surface area contributed by atoms with Gasteiger partial charge in [0.05, 0.1) is 6.54 Å². The summed E-state index contributed by atoms with van der Waals surface area (Å²) in [5.41, 5.74) is 1.85. The highest BCUT2D eigenvalue weighted by molar-refractivity contribution is 14.0. The van der Waals surface area contributed by atoms with Crippen LogP contribution >= 0.6 is 24.0 Å². The van der Waals surface area contributed by atoms with Crippen LogP contribution in [0.2, 0.25) is 0 Å². The maximum atomic E-state index is 5.55. The first-order valence-corrected chi connectivity index (χ1v) is 7.90. The minimum atomic E-state index is 0. The summed E-state index contributed by atoms with van der Waals surface area (Å²) in [6.07, 6.45) is 4.18. The van der Waals surface area contributed by atoms with Gasteiger partial charge in [-0.2, -0.15) is 0 Å². The zero-order valence-electron chi connectivity index (χ0n) is 13.4. The molecule has 0 unspecified atom stereocenters. The van der Waals surface area contributed by atoms with E-state index in [-0.39, 0.29) is 24.0 Å². The molecule has 3 rings (SSSR count). The number of oxazole rings is 1. The minimum absolute atomic E-state index is 0. The number of nitrogens with one attached hydrogen (secondary N) is 1. The number of halogens is 1. The second-order valence-corrected chi connectivity index (χ2v) is 5.37. The van der Waals surface area contributed by atoms with Crippen molar-refractivity contribution in [3.8, 4) is 11.5 Å². The van der Waals surface area contributed by atoms with Gasteiger partial charge in [0.15, 0.2) is 5.96 Å². The van der Waals surface area contributed by atoms with Crippen molar-refractivity contribution in [1.29, 1.82) is 0 Å². The topological polar surface area (TPSA) is 53.7 Å². The Balaban J connectivity index is 0.00000192. The molecule has 0 radical (unpaired) electrons. The molecule has 5 nitrogen and oxygen atoms in total. The lowest BCUT2D eigenvalue weighted by atomic mass is 10.2. The molecule has 2 heterocycles. The highest BCUT2D eigenvalue weighted by Gasteiger charge is 2.15. The zero-order valence-corrected chi connectivity index (χ0v) is 15.7. The maximum Gasteiger partial charge on any atom is 0.226 e. The molecule has 0 aliphatic carbocycles. The number of benzene rings is 1. The van der Waals surface area contributed by atoms with Crippen molar-refractivity contribution in [2.45, 2.75) is 26.3 Å². The quantitative estimate of drug-likeness (QED) is 0.462. The van der Waals surface area contributed by atoms with Gasteiger partial charge in [-0.3, -0.25) is 0 Å². The van der Waals surface area contributed by atoms with E-state index in [0.29, 0.717) is 12.4 Å². The summed E-state index contributed by atoms with van der Waals surface area (Å²) >= 11 is 0. The van der Waals surface area contributed by atoms with Crippen molar-refractivity contribution < 1.29 is 4.42 Å². The summed E-state index contributed by atoms with van der Waals surface area (Å²) in [5, 5.41) is 3.35. The van der Waals surface area contributed by atoms with Crippen molar-refractivity contribution in [3.63, 3.8) is 0 Å². The Hall–Kier alpha value is -1.57. The molecular weight excluding hydrogens is 403 g/mol. The van der Waals surface area contributed by atoms with E-state index in [1.165, 1.54) is 12.8 Å². The Morgan fingerprint density at radius 2 is 2.00 bits per heavy atom. The van der Waals surface area contributed by atoms with Crippen LogP contribution in [0.1, 0.15) is 25.5 Å². The number of guanidine groups is 1. The number of rotatable bonds is 4. The standard InChI is InChI=1S/C17H22N4O.HI/c1-2-18-17(21-10-6-7-11-21)19-12-15-13-22-16(20-15)14-8-4-3-5-9-14;/h3-5,8-9,13H,2,6-7,10-12H2,1H3,(H,18,19);1H. The molecule has 0 atom stereocenters. The van der Waals surface area contributed by atoms with Crippen LogP contribution in [0.3, 0.4) is 0 Å². The molecule has 1 N–H and O–H groups in total. The first kappa shape index (κ1) is 17.8. The molecule has 1 aromatic carbocycles. The Labute approximate surface area is 154 Å². The van der Waals surface area contributed by atoms with Gasteiger partial charge in [0, 0.05) is 25.2 Å². The van der Waals surface area contributed by atoms with E-state index in [2.05, 4.69) is 27.1 Å². The fourth-order valence-electron chi connectivity index (χ4n) is 2.60. The van der Waals surface area contributed by atoms with Crippen LogP contribution in [-0.2, 0) is 6.54 Å². The summed E-state index contributed by atoms with van der Waals surface area (Å²) in [5.74, 6) is 1.63. The van der Waals surface area contributed by atoms with Crippen LogP contribution in [0.5, 0.6) is 0 Å². The van der Waals surface area contributed by atoms with Crippen LogP contribution in [0.15, 0.2) is 46.0 Å². The average molecular weight is 426 g/mol. The number of hydrogen-bond donors (Lipinski definition) is 1. The van der Waals surface area contributed by atoms with Crippen molar-refractivity contribution in [2.24, 2.45) is 4.99 Å². The van der Waals surface area contributed by atoms with E-state index in [9.17, 15) is 0 Å². The molecule has 1 saturated heterocycles. The number of hydrogen-bond acceptors (Lipinski definition) is 3. The van der Waals surface area contributed by atoms with E-state index in [4.69, 9.17) is 4.42 Å². The fourth-order valence-corrected chi connectivity index (χ4v) is 2.60. The Bertz CT molecular complexity index is 621. The van der Waals surface area contributed by atoms with Gasteiger partial charge in [0.25, 0.3) is 0 Å². The predicted octanol–water partition coefficient (Wildman–Crippen LogP) is 3.52. The van der Waals surface area contributed by atoms with Gasteiger partial charge in [0.2, 0.25) is 5.89 Å². The largest absolute Gasteiger partial charge is 0.444 e. The van der Waals surface area contributed by atoms with Crippen LogP contribution in [0.25, 0.3) is 11.5 Å².